The van der Waals surface area contributed by atoms with Crippen LogP contribution in [0.25, 0.3) is 0 Å². The third-order valence-corrected chi connectivity index (χ3v) is 10.9. The number of carbonyl (C=O) groups excluding carboxylic acids is 4. The van der Waals surface area contributed by atoms with Gasteiger partial charge in [-0.2, -0.15) is 5.01 Å². The number of ether oxygens (including phenoxy) is 2. The maximum absolute atomic E-state index is 15.2. The number of phenols is 1. The summed E-state index contributed by atoms with van der Waals surface area (Å²) in [6.07, 6.45) is 2.32. The molecule has 2 saturated heterocycles. The third-order valence-electron chi connectivity index (χ3n) is 10.3. The number of allylic oxidation sites excluding steroid dienone is 2. The van der Waals surface area contributed by atoms with Gasteiger partial charge in [0.1, 0.15) is 17.2 Å². The summed E-state index contributed by atoms with van der Waals surface area (Å²) >= 11 is 12.6. The van der Waals surface area contributed by atoms with Gasteiger partial charge < -0.3 is 14.6 Å². The molecule has 1 saturated carbocycles. The Hall–Kier alpha value is -4.54. The zero-order chi connectivity index (χ0) is 33.4. The molecule has 12 heteroatoms. The predicted molar refractivity (Wildman–Crippen MR) is 173 cm³/mol. The van der Waals surface area contributed by atoms with Crippen LogP contribution in [-0.4, -0.2) is 59.9 Å². The van der Waals surface area contributed by atoms with E-state index < -0.39 is 46.8 Å². The van der Waals surface area contributed by atoms with E-state index in [0.29, 0.717) is 33.2 Å². The first-order valence-corrected chi connectivity index (χ1v) is 15.9. The summed E-state index contributed by atoms with van der Waals surface area (Å²) in [6.45, 7) is 0. The Morgan fingerprint density at radius 3 is 2.26 bits per heavy atom. The minimum absolute atomic E-state index is 0.107. The van der Waals surface area contributed by atoms with Gasteiger partial charge in [0, 0.05) is 23.6 Å². The van der Waals surface area contributed by atoms with Gasteiger partial charge in [-0.05, 0) is 72.9 Å². The number of nitrogens with zero attached hydrogens (tertiary/aromatic N) is 2. The van der Waals surface area contributed by atoms with Crippen LogP contribution >= 0.6 is 23.2 Å². The van der Waals surface area contributed by atoms with E-state index in [2.05, 4.69) is 5.43 Å². The standard InChI is InChI=1S/C35H31Cl2N3O7/c1-39-31(42)22-11-10-21-23(29(22)33(39)44)16-25-32(43)40(38-27-12-6-18(36)14-26(27)37)34(45)35(25,17-4-7-19(46-2)8-5-17)30(21)24-15-20(47-3)9-13-28(24)41/h4-10,12-15,22-23,25,29-30,38,41H,11,16H2,1-3H3. The second kappa shape index (κ2) is 11.3. The molecule has 0 aromatic heterocycles. The molecule has 242 valence electrons. The van der Waals surface area contributed by atoms with E-state index in [1.54, 1.807) is 48.5 Å². The summed E-state index contributed by atoms with van der Waals surface area (Å²) in [5, 5.41) is 13.0. The molecule has 47 heavy (non-hydrogen) atoms. The fraction of sp³-hybridized carbons (Fsp3) is 0.314. The molecule has 3 fully saturated rings. The van der Waals surface area contributed by atoms with E-state index in [4.69, 9.17) is 32.7 Å². The molecule has 0 spiro atoms. The molecule has 0 bridgehead atoms. The van der Waals surface area contributed by atoms with E-state index in [-0.39, 0.29) is 41.1 Å². The molecule has 4 aliphatic rings. The van der Waals surface area contributed by atoms with Crippen molar-refractivity contribution in [1.82, 2.24) is 9.91 Å². The fourth-order valence-corrected chi connectivity index (χ4v) is 8.69. The highest BCUT2D eigenvalue weighted by atomic mass is 35.5. The predicted octanol–water partition coefficient (Wildman–Crippen LogP) is 5.33. The monoisotopic (exact) mass is 675 g/mol. The van der Waals surface area contributed by atoms with Crippen molar-refractivity contribution in [3.8, 4) is 17.2 Å². The normalized spacial score (nSPS) is 28.1. The first kappa shape index (κ1) is 31.1. The van der Waals surface area contributed by atoms with Gasteiger partial charge in [-0.25, -0.2) is 0 Å². The van der Waals surface area contributed by atoms with Crippen molar-refractivity contribution in [3.63, 3.8) is 0 Å². The van der Waals surface area contributed by atoms with E-state index in [9.17, 15) is 19.5 Å². The lowest BCUT2D eigenvalue weighted by molar-refractivity contribution is -0.140. The average molecular weight is 677 g/mol. The van der Waals surface area contributed by atoms with Crippen molar-refractivity contribution in [2.45, 2.75) is 24.2 Å². The Morgan fingerprint density at radius 1 is 0.872 bits per heavy atom. The number of rotatable bonds is 6. The van der Waals surface area contributed by atoms with E-state index in [1.165, 1.54) is 33.4 Å². The minimum Gasteiger partial charge on any atom is -0.508 e. The van der Waals surface area contributed by atoms with Crippen LogP contribution in [-0.2, 0) is 24.6 Å². The molecular formula is C35H31Cl2N3O7. The molecular weight excluding hydrogens is 645 g/mol. The number of nitrogens with one attached hydrogen (secondary N) is 1. The maximum atomic E-state index is 15.2. The molecule has 2 N–H and O–H groups in total. The molecule has 6 unspecified atom stereocenters. The minimum atomic E-state index is -1.59. The maximum Gasteiger partial charge on any atom is 0.260 e. The van der Waals surface area contributed by atoms with Crippen LogP contribution in [0.3, 0.4) is 0 Å². The van der Waals surface area contributed by atoms with Gasteiger partial charge in [-0.15, -0.1) is 0 Å². The number of benzene rings is 3. The quantitative estimate of drug-likeness (QED) is 0.265. The van der Waals surface area contributed by atoms with Crippen molar-refractivity contribution >= 4 is 52.5 Å². The molecule has 2 heterocycles. The number of aromatic hydroxyl groups is 1. The van der Waals surface area contributed by atoms with Crippen LogP contribution in [0.5, 0.6) is 17.2 Å². The van der Waals surface area contributed by atoms with Crippen LogP contribution in [0.2, 0.25) is 10.0 Å². The highest BCUT2D eigenvalue weighted by Crippen LogP contribution is 2.65. The van der Waals surface area contributed by atoms with Crippen molar-refractivity contribution in [2.24, 2.45) is 23.7 Å². The van der Waals surface area contributed by atoms with Gasteiger partial charge >= 0.3 is 0 Å². The lowest BCUT2D eigenvalue weighted by atomic mass is 9.49. The van der Waals surface area contributed by atoms with Crippen molar-refractivity contribution in [2.75, 3.05) is 26.7 Å². The Balaban J connectivity index is 1.50. The number of likely N-dealkylation sites (tertiary alicyclic amines) is 1. The Morgan fingerprint density at radius 2 is 1.57 bits per heavy atom. The number of fused-ring (bicyclic) bond motifs is 4. The lowest BCUT2D eigenvalue weighted by Crippen LogP contribution is -2.53. The fourth-order valence-electron chi connectivity index (χ4n) is 8.24. The highest BCUT2D eigenvalue weighted by molar-refractivity contribution is 6.36. The van der Waals surface area contributed by atoms with Crippen molar-refractivity contribution < 1.29 is 33.8 Å². The first-order chi connectivity index (χ1) is 22.5. The summed E-state index contributed by atoms with van der Waals surface area (Å²) in [4.78, 5) is 57.8. The number of hydrogen-bond donors (Lipinski definition) is 2. The van der Waals surface area contributed by atoms with Gasteiger partial charge in [0.05, 0.1) is 48.1 Å². The van der Waals surface area contributed by atoms with Crippen molar-refractivity contribution in [1.29, 1.82) is 0 Å². The summed E-state index contributed by atoms with van der Waals surface area (Å²) in [6, 6.07) is 16.4. The number of halogens is 2. The largest absolute Gasteiger partial charge is 0.508 e. The third kappa shape index (κ3) is 4.45. The molecule has 6 atom stereocenters. The highest BCUT2D eigenvalue weighted by Gasteiger charge is 2.70. The van der Waals surface area contributed by atoms with E-state index >= 15 is 4.79 Å². The Labute approximate surface area is 280 Å². The van der Waals surface area contributed by atoms with Crippen molar-refractivity contribution in [3.05, 3.63) is 93.5 Å². The van der Waals surface area contributed by atoms with Crippen LogP contribution in [0.1, 0.15) is 29.9 Å². The molecule has 7 rings (SSSR count). The smallest absolute Gasteiger partial charge is 0.260 e. The number of hydrogen-bond acceptors (Lipinski definition) is 8. The van der Waals surface area contributed by atoms with E-state index in [0.717, 1.165) is 9.91 Å². The number of amides is 4. The molecule has 2 aliphatic carbocycles. The number of phenolic OH excluding ortho intramolecular Hbond substituents is 1. The SMILES string of the molecule is COc1ccc(C23C(=O)N(Nc4ccc(Cl)cc4Cl)C(=O)C2CC2C(=CCC4C(=O)N(C)C(=O)C42)C3c2cc(OC)ccc2O)cc1. The topological polar surface area (TPSA) is 125 Å². The van der Waals surface area contributed by atoms with Gasteiger partial charge in [0.2, 0.25) is 11.8 Å². The van der Waals surface area contributed by atoms with E-state index in [1.807, 2.05) is 6.08 Å². The van der Waals surface area contributed by atoms with Crippen LogP contribution in [0, 0.1) is 23.7 Å². The summed E-state index contributed by atoms with van der Waals surface area (Å²) in [5.41, 5.74) is 3.24. The van der Waals surface area contributed by atoms with Gasteiger partial charge in [-0.1, -0.05) is 47.0 Å². The molecule has 10 nitrogen and oxygen atoms in total. The molecule has 4 amide bonds. The number of carbonyl (C=O) groups is 4. The summed E-state index contributed by atoms with van der Waals surface area (Å²) < 4.78 is 11.0. The number of anilines is 1. The van der Waals surface area contributed by atoms with Crippen LogP contribution in [0.15, 0.2) is 72.3 Å². The van der Waals surface area contributed by atoms with Crippen LogP contribution in [0.4, 0.5) is 5.69 Å². The number of methoxy groups -OCH3 is 2. The summed E-state index contributed by atoms with van der Waals surface area (Å²) in [5.74, 6) is -4.59. The first-order valence-electron chi connectivity index (χ1n) is 15.2. The number of imide groups is 2. The van der Waals surface area contributed by atoms with Gasteiger partial charge in [-0.3, -0.25) is 29.5 Å². The second-order valence-electron chi connectivity index (χ2n) is 12.4. The summed E-state index contributed by atoms with van der Waals surface area (Å²) in [7, 11) is 4.51. The van der Waals surface area contributed by atoms with Crippen LogP contribution < -0.4 is 14.9 Å². The molecule has 2 aliphatic heterocycles. The van der Waals surface area contributed by atoms with Gasteiger partial charge in [0.25, 0.3) is 11.8 Å². The molecule has 0 radical (unpaired) electrons. The lowest BCUT2D eigenvalue weighted by Gasteiger charge is -2.50. The Bertz CT molecular complexity index is 1880. The average Bonchev–Trinajstić information content (AvgIpc) is 3.42. The zero-order valence-corrected chi connectivity index (χ0v) is 27.2. The Kier molecular flexibility index (Phi) is 7.48. The molecule has 3 aromatic rings. The second-order valence-corrected chi connectivity index (χ2v) is 13.2. The number of hydrazine groups is 1. The van der Waals surface area contributed by atoms with Gasteiger partial charge in [0.15, 0.2) is 0 Å². The zero-order valence-electron chi connectivity index (χ0n) is 25.7. The molecule has 3 aromatic carbocycles.